The highest BCUT2D eigenvalue weighted by molar-refractivity contribution is 7.09. The van der Waals surface area contributed by atoms with Gasteiger partial charge < -0.3 is 10.1 Å². The number of nitrogens with one attached hydrogen (secondary N) is 1. The van der Waals surface area contributed by atoms with Crippen LogP contribution in [0.2, 0.25) is 0 Å². The van der Waals surface area contributed by atoms with Crippen molar-refractivity contribution in [2.75, 3.05) is 13.2 Å². The summed E-state index contributed by atoms with van der Waals surface area (Å²) in [6.07, 6.45) is 2.59. The number of hydrogen-bond donors (Lipinski definition) is 1. The molecular formula is C13H23NOS. The normalized spacial score (nSPS) is 14.9. The van der Waals surface area contributed by atoms with Crippen molar-refractivity contribution in [2.24, 2.45) is 0 Å². The Morgan fingerprint density at radius 1 is 1.44 bits per heavy atom. The van der Waals surface area contributed by atoms with Crippen LogP contribution in [0.5, 0.6) is 0 Å². The lowest BCUT2D eigenvalue weighted by Crippen LogP contribution is -2.40. The van der Waals surface area contributed by atoms with Crippen molar-refractivity contribution < 1.29 is 4.74 Å². The third-order valence-corrected chi connectivity index (χ3v) is 3.68. The summed E-state index contributed by atoms with van der Waals surface area (Å²) in [5.41, 5.74) is 0. The fourth-order valence-corrected chi connectivity index (χ4v) is 2.62. The molecule has 0 aliphatic rings. The van der Waals surface area contributed by atoms with Gasteiger partial charge in [-0.15, -0.1) is 11.3 Å². The summed E-state index contributed by atoms with van der Waals surface area (Å²) in [6, 6.07) is 4.79. The van der Waals surface area contributed by atoms with E-state index < -0.39 is 0 Å². The van der Waals surface area contributed by atoms with Crippen molar-refractivity contribution >= 4 is 11.3 Å². The molecule has 0 fully saturated rings. The second-order valence-corrected chi connectivity index (χ2v) is 4.97. The lowest BCUT2D eigenvalue weighted by Gasteiger charge is -2.24. The second kappa shape index (κ2) is 7.82. The third kappa shape index (κ3) is 4.64. The second-order valence-electron chi connectivity index (χ2n) is 3.94. The molecular weight excluding hydrogens is 218 g/mol. The van der Waals surface area contributed by atoms with E-state index in [1.165, 1.54) is 4.88 Å². The average Bonchev–Trinajstić information content (AvgIpc) is 2.77. The lowest BCUT2D eigenvalue weighted by atomic mass is 10.1. The third-order valence-electron chi connectivity index (χ3n) is 2.74. The minimum atomic E-state index is 0.296. The molecule has 92 valence electrons. The molecule has 0 saturated heterocycles. The fraction of sp³-hybridized carbons (Fsp3) is 0.692. The Kier molecular flexibility index (Phi) is 6.69. The highest BCUT2D eigenvalue weighted by atomic mass is 32.1. The highest BCUT2D eigenvalue weighted by Gasteiger charge is 2.16. The van der Waals surface area contributed by atoms with Crippen LogP contribution in [0, 0.1) is 0 Å². The number of ether oxygens (including phenoxy) is 1. The zero-order valence-electron chi connectivity index (χ0n) is 10.5. The Bertz CT molecular complexity index is 261. The van der Waals surface area contributed by atoms with Crippen molar-refractivity contribution in [3.8, 4) is 0 Å². The Morgan fingerprint density at radius 2 is 2.25 bits per heavy atom. The molecule has 16 heavy (non-hydrogen) atoms. The van der Waals surface area contributed by atoms with E-state index in [2.05, 4.69) is 43.6 Å². The van der Waals surface area contributed by atoms with Gasteiger partial charge in [0.05, 0.1) is 6.10 Å². The van der Waals surface area contributed by atoms with Crippen LogP contribution in [0.4, 0.5) is 0 Å². The maximum atomic E-state index is 5.67. The first-order chi connectivity index (χ1) is 7.77. The zero-order chi connectivity index (χ0) is 11.8. The van der Waals surface area contributed by atoms with Crippen LogP contribution < -0.4 is 5.32 Å². The van der Waals surface area contributed by atoms with Crippen LogP contribution in [-0.4, -0.2) is 25.3 Å². The maximum Gasteiger partial charge on any atom is 0.0699 e. The highest BCUT2D eigenvalue weighted by Crippen LogP contribution is 2.14. The standard InChI is InChI=1S/C13H23NOS/c1-4-14-13(11(3)15-5-2)9-8-12-7-6-10-16-12/h6-7,10-11,13-14H,4-5,8-9H2,1-3H3. The summed E-state index contributed by atoms with van der Waals surface area (Å²) in [6.45, 7) is 8.16. The summed E-state index contributed by atoms with van der Waals surface area (Å²) in [7, 11) is 0. The van der Waals surface area contributed by atoms with E-state index in [0.717, 1.165) is 26.0 Å². The van der Waals surface area contributed by atoms with Gasteiger partial charge in [-0.2, -0.15) is 0 Å². The van der Waals surface area contributed by atoms with Crippen LogP contribution in [0.1, 0.15) is 32.1 Å². The molecule has 0 radical (unpaired) electrons. The van der Waals surface area contributed by atoms with Crippen LogP contribution in [0.15, 0.2) is 17.5 Å². The van der Waals surface area contributed by atoms with Gasteiger partial charge in [0.15, 0.2) is 0 Å². The van der Waals surface area contributed by atoms with E-state index in [4.69, 9.17) is 4.74 Å². The van der Waals surface area contributed by atoms with Crippen molar-refractivity contribution in [3.05, 3.63) is 22.4 Å². The minimum absolute atomic E-state index is 0.296. The van der Waals surface area contributed by atoms with Crippen molar-refractivity contribution in [2.45, 2.75) is 45.8 Å². The number of hydrogen-bond acceptors (Lipinski definition) is 3. The van der Waals surface area contributed by atoms with Gasteiger partial charge in [0.25, 0.3) is 0 Å². The van der Waals surface area contributed by atoms with Gasteiger partial charge in [0.1, 0.15) is 0 Å². The van der Waals surface area contributed by atoms with E-state index in [1.807, 2.05) is 11.3 Å². The van der Waals surface area contributed by atoms with Gasteiger partial charge in [0.2, 0.25) is 0 Å². The van der Waals surface area contributed by atoms with Gasteiger partial charge in [-0.25, -0.2) is 0 Å². The summed E-state index contributed by atoms with van der Waals surface area (Å²) >= 11 is 1.84. The van der Waals surface area contributed by atoms with E-state index in [0.29, 0.717) is 12.1 Å². The Labute approximate surface area is 103 Å². The number of rotatable bonds is 8. The Balaban J connectivity index is 2.38. The molecule has 0 saturated carbocycles. The molecule has 0 aliphatic carbocycles. The number of thiophene rings is 1. The molecule has 1 aromatic heterocycles. The molecule has 0 spiro atoms. The summed E-state index contributed by atoms with van der Waals surface area (Å²) in [5, 5.41) is 5.65. The molecule has 0 aromatic carbocycles. The topological polar surface area (TPSA) is 21.3 Å². The van der Waals surface area contributed by atoms with Crippen LogP contribution in [-0.2, 0) is 11.2 Å². The minimum Gasteiger partial charge on any atom is -0.377 e. The molecule has 2 nitrogen and oxygen atoms in total. The van der Waals surface area contributed by atoms with Crippen molar-refractivity contribution in [3.63, 3.8) is 0 Å². The molecule has 2 atom stereocenters. The van der Waals surface area contributed by atoms with Crippen molar-refractivity contribution in [1.82, 2.24) is 5.32 Å². The first kappa shape index (κ1) is 13.7. The van der Waals surface area contributed by atoms with Crippen LogP contribution in [0.3, 0.4) is 0 Å². The number of aryl methyl sites for hydroxylation is 1. The van der Waals surface area contributed by atoms with Gasteiger partial charge in [0, 0.05) is 17.5 Å². The first-order valence-corrected chi connectivity index (χ1v) is 7.03. The van der Waals surface area contributed by atoms with E-state index >= 15 is 0 Å². The van der Waals surface area contributed by atoms with E-state index in [-0.39, 0.29) is 0 Å². The molecule has 1 heterocycles. The summed E-state index contributed by atoms with van der Waals surface area (Å²) in [4.78, 5) is 1.46. The number of likely N-dealkylation sites (N-methyl/N-ethyl adjacent to an activating group) is 1. The molecule has 0 amide bonds. The van der Waals surface area contributed by atoms with Crippen LogP contribution >= 0.6 is 11.3 Å². The van der Waals surface area contributed by atoms with Gasteiger partial charge in [-0.3, -0.25) is 0 Å². The monoisotopic (exact) mass is 241 g/mol. The van der Waals surface area contributed by atoms with Gasteiger partial charge in [-0.05, 0) is 44.7 Å². The molecule has 0 aliphatic heterocycles. The molecule has 0 bridgehead atoms. The van der Waals surface area contributed by atoms with Crippen molar-refractivity contribution in [1.29, 1.82) is 0 Å². The zero-order valence-corrected chi connectivity index (χ0v) is 11.3. The lowest BCUT2D eigenvalue weighted by molar-refractivity contribution is 0.0458. The quantitative estimate of drug-likeness (QED) is 0.755. The fourth-order valence-electron chi connectivity index (χ4n) is 1.90. The van der Waals surface area contributed by atoms with E-state index in [9.17, 15) is 0 Å². The predicted molar refractivity (Wildman–Crippen MR) is 71.2 cm³/mol. The van der Waals surface area contributed by atoms with E-state index in [1.54, 1.807) is 0 Å². The molecule has 1 N–H and O–H groups in total. The van der Waals surface area contributed by atoms with Gasteiger partial charge >= 0.3 is 0 Å². The molecule has 2 unspecified atom stereocenters. The molecule has 1 rings (SSSR count). The predicted octanol–water partition coefficient (Wildman–Crippen LogP) is 3.08. The molecule has 1 aromatic rings. The first-order valence-electron chi connectivity index (χ1n) is 6.15. The summed E-state index contributed by atoms with van der Waals surface area (Å²) < 4.78 is 5.67. The summed E-state index contributed by atoms with van der Waals surface area (Å²) in [5.74, 6) is 0. The SMILES string of the molecule is CCNC(CCc1cccs1)C(C)OCC. The Morgan fingerprint density at radius 3 is 2.81 bits per heavy atom. The largest absolute Gasteiger partial charge is 0.377 e. The maximum absolute atomic E-state index is 5.67. The Hall–Kier alpha value is -0.380. The average molecular weight is 241 g/mol. The van der Waals surface area contributed by atoms with Gasteiger partial charge in [-0.1, -0.05) is 13.0 Å². The molecule has 3 heteroatoms. The van der Waals surface area contributed by atoms with Crippen LogP contribution in [0.25, 0.3) is 0 Å². The smallest absolute Gasteiger partial charge is 0.0699 e.